The van der Waals surface area contributed by atoms with Gasteiger partial charge in [0.2, 0.25) is 10.0 Å². The second-order valence-electron chi connectivity index (χ2n) is 6.74. The summed E-state index contributed by atoms with van der Waals surface area (Å²) in [6.07, 6.45) is 5.86. The first-order valence-corrected chi connectivity index (χ1v) is 11.4. The average molecular weight is 430 g/mol. The van der Waals surface area contributed by atoms with E-state index in [1.807, 2.05) is 6.07 Å². The molecule has 0 radical (unpaired) electrons. The standard InChI is InChI=1S/C20H19N3O4S2/c21-29(25,26)16-8-5-13(6-9-16)17-10-7-15(27-17)12-22-23-20(24)19-11-14-3-1-2-4-18(14)28-19/h5-12H,1-4H2,(H,23,24)(H2,21,25,26)/b22-12+. The first-order valence-electron chi connectivity index (χ1n) is 9.08. The Hall–Kier alpha value is -2.75. The number of nitrogens with zero attached hydrogens (tertiary/aromatic N) is 1. The van der Waals surface area contributed by atoms with Gasteiger partial charge in [0, 0.05) is 10.4 Å². The van der Waals surface area contributed by atoms with Crippen molar-refractivity contribution in [2.24, 2.45) is 10.2 Å². The van der Waals surface area contributed by atoms with Gasteiger partial charge in [0.15, 0.2) is 0 Å². The van der Waals surface area contributed by atoms with Crippen molar-refractivity contribution < 1.29 is 17.6 Å². The highest BCUT2D eigenvalue weighted by Gasteiger charge is 2.17. The van der Waals surface area contributed by atoms with Gasteiger partial charge in [-0.1, -0.05) is 0 Å². The summed E-state index contributed by atoms with van der Waals surface area (Å²) in [5.74, 6) is 0.775. The lowest BCUT2D eigenvalue weighted by Gasteiger charge is -2.08. The molecule has 0 saturated carbocycles. The lowest BCUT2D eigenvalue weighted by atomic mass is 9.99. The zero-order valence-electron chi connectivity index (χ0n) is 15.4. The molecule has 1 aliphatic carbocycles. The Bertz CT molecular complexity index is 1150. The van der Waals surface area contributed by atoms with Gasteiger partial charge in [-0.3, -0.25) is 4.79 Å². The first-order chi connectivity index (χ1) is 13.9. The number of carbonyl (C=O) groups is 1. The number of hydrogen-bond acceptors (Lipinski definition) is 6. The second kappa shape index (κ2) is 7.94. The number of nitrogens with one attached hydrogen (secondary N) is 1. The molecule has 0 fully saturated rings. The normalized spacial score (nSPS) is 14.1. The number of nitrogens with two attached hydrogens (primary N) is 1. The lowest BCUT2D eigenvalue weighted by molar-refractivity contribution is 0.0959. The summed E-state index contributed by atoms with van der Waals surface area (Å²) in [6.45, 7) is 0. The van der Waals surface area contributed by atoms with Crippen LogP contribution in [0.2, 0.25) is 0 Å². The number of aryl methyl sites for hydroxylation is 2. The van der Waals surface area contributed by atoms with Crippen LogP contribution >= 0.6 is 11.3 Å². The number of hydrogen-bond donors (Lipinski definition) is 2. The highest BCUT2D eigenvalue weighted by molar-refractivity contribution is 7.89. The van der Waals surface area contributed by atoms with E-state index in [9.17, 15) is 13.2 Å². The molecule has 0 bridgehead atoms. The third-order valence-electron chi connectivity index (χ3n) is 4.67. The maximum atomic E-state index is 12.3. The zero-order chi connectivity index (χ0) is 20.4. The number of sulfonamides is 1. The molecule has 0 unspecified atom stereocenters. The van der Waals surface area contributed by atoms with E-state index in [1.165, 1.54) is 53.0 Å². The maximum absolute atomic E-state index is 12.3. The van der Waals surface area contributed by atoms with E-state index in [0.29, 0.717) is 22.0 Å². The van der Waals surface area contributed by atoms with Crippen LogP contribution in [0.25, 0.3) is 11.3 Å². The molecule has 2 heterocycles. The molecule has 1 amide bonds. The Kier molecular flexibility index (Phi) is 5.35. The number of thiophene rings is 1. The van der Waals surface area contributed by atoms with Gasteiger partial charge in [0.1, 0.15) is 11.5 Å². The van der Waals surface area contributed by atoms with Gasteiger partial charge >= 0.3 is 0 Å². The Morgan fingerprint density at radius 3 is 2.62 bits per heavy atom. The van der Waals surface area contributed by atoms with E-state index in [4.69, 9.17) is 9.56 Å². The minimum atomic E-state index is -3.73. The number of carbonyl (C=O) groups excluding carboxylic acids is 1. The van der Waals surface area contributed by atoms with Crippen LogP contribution in [0, 0.1) is 0 Å². The smallest absolute Gasteiger partial charge is 0.281 e. The van der Waals surface area contributed by atoms with Gasteiger partial charge in [-0.05, 0) is 73.7 Å². The minimum Gasteiger partial charge on any atom is -0.455 e. The molecule has 0 aliphatic heterocycles. The number of primary sulfonamides is 1. The Balaban J connectivity index is 1.40. The molecular formula is C20H19N3O4S2. The molecule has 0 atom stereocenters. The van der Waals surface area contributed by atoms with E-state index >= 15 is 0 Å². The quantitative estimate of drug-likeness (QED) is 0.478. The molecule has 3 aromatic rings. The van der Waals surface area contributed by atoms with Crippen LogP contribution in [-0.4, -0.2) is 20.5 Å². The Morgan fingerprint density at radius 1 is 1.14 bits per heavy atom. The largest absolute Gasteiger partial charge is 0.455 e. The van der Waals surface area contributed by atoms with Crippen molar-refractivity contribution in [2.75, 3.05) is 0 Å². The molecule has 0 saturated heterocycles. The van der Waals surface area contributed by atoms with Gasteiger partial charge in [-0.25, -0.2) is 19.0 Å². The summed E-state index contributed by atoms with van der Waals surface area (Å²) in [5.41, 5.74) is 4.51. The fourth-order valence-electron chi connectivity index (χ4n) is 3.20. The second-order valence-corrected chi connectivity index (χ2v) is 9.43. The first kappa shape index (κ1) is 19.6. The van der Waals surface area contributed by atoms with Crippen molar-refractivity contribution in [3.63, 3.8) is 0 Å². The van der Waals surface area contributed by atoms with Crippen molar-refractivity contribution in [2.45, 2.75) is 30.6 Å². The van der Waals surface area contributed by atoms with E-state index in [2.05, 4.69) is 10.5 Å². The summed E-state index contributed by atoms with van der Waals surface area (Å²) in [4.78, 5) is 14.3. The van der Waals surface area contributed by atoms with Crippen molar-refractivity contribution in [3.8, 4) is 11.3 Å². The van der Waals surface area contributed by atoms with Crippen LogP contribution < -0.4 is 10.6 Å². The molecule has 1 aliphatic rings. The predicted octanol–water partition coefficient (Wildman–Crippen LogP) is 3.30. The highest BCUT2D eigenvalue weighted by atomic mass is 32.2. The monoisotopic (exact) mass is 429 g/mol. The molecule has 2 aromatic heterocycles. The van der Waals surface area contributed by atoms with Crippen molar-refractivity contribution in [3.05, 3.63) is 63.5 Å². The highest BCUT2D eigenvalue weighted by Crippen LogP contribution is 2.29. The molecule has 29 heavy (non-hydrogen) atoms. The van der Waals surface area contributed by atoms with Gasteiger partial charge in [0.05, 0.1) is 16.0 Å². The summed E-state index contributed by atoms with van der Waals surface area (Å²) < 4.78 is 28.3. The van der Waals surface area contributed by atoms with Gasteiger partial charge in [-0.2, -0.15) is 5.10 Å². The van der Waals surface area contributed by atoms with Crippen molar-refractivity contribution in [1.29, 1.82) is 0 Å². The molecule has 7 nitrogen and oxygen atoms in total. The van der Waals surface area contributed by atoms with E-state index < -0.39 is 10.0 Å². The number of hydrazone groups is 1. The summed E-state index contributed by atoms with van der Waals surface area (Å²) in [6, 6.07) is 11.5. The number of benzene rings is 1. The molecule has 3 N–H and O–H groups in total. The van der Waals surface area contributed by atoms with Crippen LogP contribution in [0.15, 0.2) is 56.9 Å². The summed E-state index contributed by atoms with van der Waals surface area (Å²) in [7, 11) is -3.73. The van der Waals surface area contributed by atoms with Crippen LogP contribution in [0.1, 0.15) is 38.7 Å². The predicted molar refractivity (Wildman–Crippen MR) is 112 cm³/mol. The minimum absolute atomic E-state index is 0.0348. The van der Waals surface area contributed by atoms with Gasteiger partial charge in [0.25, 0.3) is 5.91 Å². The van der Waals surface area contributed by atoms with Gasteiger partial charge < -0.3 is 4.42 Å². The Labute approximate surface area is 172 Å². The third-order valence-corrected chi connectivity index (χ3v) is 6.84. The van der Waals surface area contributed by atoms with Crippen LogP contribution in [-0.2, 0) is 22.9 Å². The summed E-state index contributed by atoms with van der Waals surface area (Å²) in [5, 5.41) is 9.07. The fourth-order valence-corrected chi connectivity index (χ4v) is 4.86. The van der Waals surface area contributed by atoms with E-state index in [-0.39, 0.29) is 10.8 Å². The van der Waals surface area contributed by atoms with Crippen molar-refractivity contribution in [1.82, 2.24) is 5.43 Å². The topological polar surface area (TPSA) is 115 Å². The molecule has 9 heteroatoms. The average Bonchev–Trinajstić information content (AvgIpc) is 3.34. The molecule has 150 valence electrons. The van der Waals surface area contributed by atoms with Crippen molar-refractivity contribution >= 4 is 33.5 Å². The van der Waals surface area contributed by atoms with E-state index in [0.717, 1.165) is 12.8 Å². The number of furan rings is 1. The maximum Gasteiger partial charge on any atom is 0.281 e. The number of amides is 1. The number of rotatable bonds is 5. The Morgan fingerprint density at radius 2 is 1.90 bits per heavy atom. The molecule has 4 rings (SSSR count). The van der Waals surface area contributed by atoms with Gasteiger partial charge in [-0.15, -0.1) is 11.3 Å². The van der Waals surface area contributed by atoms with Crippen LogP contribution in [0.3, 0.4) is 0 Å². The van der Waals surface area contributed by atoms with E-state index in [1.54, 1.807) is 24.3 Å². The van der Waals surface area contributed by atoms with Crippen LogP contribution in [0.4, 0.5) is 0 Å². The third kappa shape index (κ3) is 4.47. The molecule has 1 aromatic carbocycles. The molecular weight excluding hydrogens is 410 g/mol. The molecule has 0 spiro atoms. The SMILES string of the molecule is NS(=O)(=O)c1ccc(-c2ccc(/C=N/NC(=O)c3cc4c(s3)CCCC4)o2)cc1. The lowest BCUT2D eigenvalue weighted by Crippen LogP contribution is -2.16. The summed E-state index contributed by atoms with van der Waals surface area (Å²) >= 11 is 1.53. The number of fused-ring (bicyclic) bond motifs is 1. The zero-order valence-corrected chi connectivity index (χ0v) is 17.1. The fraction of sp³-hybridized carbons (Fsp3) is 0.200. The van der Waals surface area contributed by atoms with Crippen LogP contribution in [0.5, 0.6) is 0 Å².